The zero-order chi connectivity index (χ0) is 20.4. The first kappa shape index (κ1) is 18.8. The van der Waals surface area contributed by atoms with E-state index in [0.29, 0.717) is 12.1 Å². The SMILES string of the molecule is Cc1ccc(-c2cc(C(=O)NCc3ccncc3)c3cccc(C)c3n2)cc1C. The second kappa shape index (κ2) is 7.84. The average molecular weight is 381 g/mol. The molecule has 29 heavy (non-hydrogen) atoms. The molecular formula is C25H23N3O. The fraction of sp³-hybridized carbons (Fsp3) is 0.160. The number of rotatable bonds is 4. The topological polar surface area (TPSA) is 54.9 Å². The number of hydrogen-bond acceptors (Lipinski definition) is 3. The van der Waals surface area contributed by atoms with Crippen molar-refractivity contribution < 1.29 is 4.79 Å². The Kier molecular flexibility index (Phi) is 5.09. The molecule has 0 aliphatic heterocycles. The van der Waals surface area contributed by atoms with Crippen LogP contribution in [0.2, 0.25) is 0 Å². The molecule has 2 aromatic heterocycles. The normalized spacial score (nSPS) is 10.9. The molecule has 0 unspecified atom stereocenters. The highest BCUT2D eigenvalue weighted by Crippen LogP contribution is 2.28. The lowest BCUT2D eigenvalue weighted by atomic mass is 9.99. The highest BCUT2D eigenvalue weighted by molar-refractivity contribution is 6.07. The number of fused-ring (bicyclic) bond motifs is 1. The van der Waals surface area contributed by atoms with Gasteiger partial charge in [0, 0.05) is 29.9 Å². The number of aryl methyl sites for hydroxylation is 3. The minimum Gasteiger partial charge on any atom is -0.348 e. The third-order valence-corrected chi connectivity index (χ3v) is 5.29. The van der Waals surface area contributed by atoms with Crippen molar-refractivity contribution in [3.63, 3.8) is 0 Å². The molecule has 4 rings (SSSR count). The van der Waals surface area contributed by atoms with E-state index in [1.165, 1.54) is 11.1 Å². The summed E-state index contributed by atoms with van der Waals surface area (Å²) < 4.78 is 0. The van der Waals surface area contributed by atoms with Crippen LogP contribution in [-0.2, 0) is 6.54 Å². The van der Waals surface area contributed by atoms with Gasteiger partial charge in [-0.25, -0.2) is 4.98 Å². The summed E-state index contributed by atoms with van der Waals surface area (Å²) in [5, 5.41) is 3.90. The molecule has 0 bridgehead atoms. The fourth-order valence-electron chi connectivity index (χ4n) is 3.41. The molecule has 4 aromatic rings. The van der Waals surface area contributed by atoms with E-state index in [1.54, 1.807) is 12.4 Å². The highest BCUT2D eigenvalue weighted by Gasteiger charge is 2.15. The van der Waals surface area contributed by atoms with E-state index in [0.717, 1.165) is 33.3 Å². The number of amides is 1. The molecule has 2 heterocycles. The van der Waals surface area contributed by atoms with Crippen LogP contribution in [0.5, 0.6) is 0 Å². The lowest BCUT2D eigenvalue weighted by Gasteiger charge is -2.13. The predicted octanol–water partition coefficient (Wildman–Crippen LogP) is 5.15. The van der Waals surface area contributed by atoms with Gasteiger partial charge in [0.05, 0.1) is 16.8 Å². The standard InChI is InChI=1S/C25H23N3O/c1-16-7-8-20(13-18(16)3)23-14-22(21-6-4-5-17(2)24(21)28-23)25(29)27-15-19-9-11-26-12-10-19/h4-14H,15H2,1-3H3,(H,27,29). The Hall–Kier alpha value is -3.53. The number of benzene rings is 2. The van der Waals surface area contributed by atoms with E-state index in [1.807, 2.05) is 43.3 Å². The highest BCUT2D eigenvalue weighted by atomic mass is 16.1. The molecule has 0 fully saturated rings. The first-order valence-corrected chi connectivity index (χ1v) is 9.68. The third kappa shape index (κ3) is 3.87. The van der Waals surface area contributed by atoms with Gasteiger partial charge in [-0.05, 0) is 67.3 Å². The van der Waals surface area contributed by atoms with Crippen molar-refractivity contribution in [2.24, 2.45) is 0 Å². The van der Waals surface area contributed by atoms with Crippen molar-refractivity contribution in [3.8, 4) is 11.3 Å². The number of nitrogens with one attached hydrogen (secondary N) is 1. The maximum absolute atomic E-state index is 13.1. The van der Waals surface area contributed by atoms with Gasteiger partial charge in [0.2, 0.25) is 0 Å². The van der Waals surface area contributed by atoms with E-state index < -0.39 is 0 Å². The maximum Gasteiger partial charge on any atom is 0.252 e. The van der Waals surface area contributed by atoms with Gasteiger partial charge in [0.25, 0.3) is 5.91 Å². The van der Waals surface area contributed by atoms with Gasteiger partial charge in [-0.1, -0.05) is 30.3 Å². The van der Waals surface area contributed by atoms with Crippen LogP contribution in [0.1, 0.15) is 32.6 Å². The molecule has 0 radical (unpaired) electrons. The average Bonchev–Trinajstić information content (AvgIpc) is 2.74. The van der Waals surface area contributed by atoms with E-state index in [4.69, 9.17) is 4.98 Å². The van der Waals surface area contributed by atoms with Gasteiger partial charge in [-0.2, -0.15) is 0 Å². The van der Waals surface area contributed by atoms with Crippen molar-refractivity contribution in [1.82, 2.24) is 15.3 Å². The van der Waals surface area contributed by atoms with Crippen LogP contribution < -0.4 is 5.32 Å². The van der Waals surface area contributed by atoms with Gasteiger partial charge in [-0.3, -0.25) is 9.78 Å². The minimum absolute atomic E-state index is 0.107. The minimum atomic E-state index is -0.107. The monoisotopic (exact) mass is 381 g/mol. The van der Waals surface area contributed by atoms with Crippen LogP contribution in [0, 0.1) is 20.8 Å². The Morgan fingerprint density at radius 2 is 1.69 bits per heavy atom. The third-order valence-electron chi connectivity index (χ3n) is 5.29. The quantitative estimate of drug-likeness (QED) is 0.532. The molecule has 2 aromatic carbocycles. The van der Waals surface area contributed by atoms with Gasteiger partial charge in [-0.15, -0.1) is 0 Å². The largest absolute Gasteiger partial charge is 0.348 e. The lowest BCUT2D eigenvalue weighted by Crippen LogP contribution is -2.23. The van der Waals surface area contributed by atoms with Crippen molar-refractivity contribution in [1.29, 1.82) is 0 Å². The molecule has 0 saturated carbocycles. The molecule has 0 atom stereocenters. The van der Waals surface area contributed by atoms with Crippen molar-refractivity contribution in [3.05, 3.63) is 94.8 Å². The lowest BCUT2D eigenvalue weighted by molar-refractivity contribution is 0.0952. The number of para-hydroxylation sites is 1. The van der Waals surface area contributed by atoms with E-state index in [9.17, 15) is 4.79 Å². The van der Waals surface area contributed by atoms with Crippen LogP contribution in [0.4, 0.5) is 0 Å². The number of carbonyl (C=O) groups excluding carboxylic acids is 1. The summed E-state index contributed by atoms with van der Waals surface area (Å²) in [7, 11) is 0. The second-order valence-electron chi connectivity index (χ2n) is 7.36. The summed E-state index contributed by atoms with van der Waals surface area (Å²) in [6, 6.07) is 17.9. The number of carbonyl (C=O) groups is 1. The zero-order valence-electron chi connectivity index (χ0n) is 16.9. The molecule has 144 valence electrons. The summed E-state index contributed by atoms with van der Waals surface area (Å²) in [6.45, 7) is 6.66. The van der Waals surface area contributed by atoms with Crippen LogP contribution in [0.3, 0.4) is 0 Å². The Balaban J connectivity index is 1.78. The zero-order valence-corrected chi connectivity index (χ0v) is 16.9. The van der Waals surface area contributed by atoms with E-state index in [2.05, 4.69) is 42.3 Å². The molecule has 0 aliphatic rings. The van der Waals surface area contributed by atoms with Crippen LogP contribution >= 0.6 is 0 Å². The molecule has 1 amide bonds. The molecule has 1 N–H and O–H groups in total. The summed E-state index contributed by atoms with van der Waals surface area (Å²) in [6.07, 6.45) is 3.45. The van der Waals surface area contributed by atoms with E-state index >= 15 is 0 Å². The summed E-state index contributed by atoms with van der Waals surface area (Å²) >= 11 is 0. The first-order valence-electron chi connectivity index (χ1n) is 9.68. The molecule has 4 nitrogen and oxygen atoms in total. The van der Waals surface area contributed by atoms with Crippen molar-refractivity contribution >= 4 is 16.8 Å². The number of aromatic nitrogens is 2. The summed E-state index contributed by atoms with van der Waals surface area (Å²) in [5.74, 6) is -0.107. The Morgan fingerprint density at radius 3 is 2.45 bits per heavy atom. The van der Waals surface area contributed by atoms with Crippen molar-refractivity contribution in [2.45, 2.75) is 27.3 Å². The smallest absolute Gasteiger partial charge is 0.252 e. The maximum atomic E-state index is 13.1. The van der Waals surface area contributed by atoms with Crippen LogP contribution in [0.15, 0.2) is 67.0 Å². The fourth-order valence-corrected chi connectivity index (χ4v) is 3.41. The van der Waals surface area contributed by atoms with Crippen LogP contribution in [-0.4, -0.2) is 15.9 Å². The number of hydrogen-bond donors (Lipinski definition) is 1. The molecule has 0 aliphatic carbocycles. The predicted molar refractivity (Wildman–Crippen MR) is 117 cm³/mol. The summed E-state index contributed by atoms with van der Waals surface area (Å²) in [4.78, 5) is 22.0. The summed E-state index contributed by atoms with van der Waals surface area (Å²) in [5.41, 5.74) is 7.83. The molecule has 0 saturated heterocycles. The van der Waals surface area contributed by atoms with Gasteiger partial charge in [0.15, 0.2) is 0 Å². The van der Waals surface area contributed by atoms with Crippen molar-refractivity contribution in [2.75, 3.05) is 0 Å². The number of nitrogens with zero attached hydrogens (tertiary/aromatic N) is 2. The van der Waals surface area contributed by atoms with Gasteiger partial charge in [0.1, 0.15) is 0 Å². The molecule has 4 heteroatoms. The van der Waals surface area contributed by atoms with Gasteiger partial charge < -0.3 is 5.32 Å². The Morgan fingerprint density at radius 1 is 0.897 bits per heavy atom. The number of pyridine rings is 2. The van der Waals surface area contributed by atoms with Crippen LogP contribution in [0.25, 0.3) is 22.2 Å². The van der Waals surface area contributed by atoms with E-state index in [-0.39, 0.29) is 5.91 Å². The molecule has 0 spiro atoms. The Bertz CT molecular complexity index is 1200. The first-order chi connectivity index (χ1) is 14.0. The molecular weight excluding hydrogens is 358 g/mol. The Labute approximate surface area is 170 Å². The van der Waals surface area contributed by atoms with Gasteiger partial charge >= 0.3 is 0 Å². The second-order valence-corrected chi connectivity index (χ2v) is 7.36.